The molecule has 0 saturated carbocycles. The van der Waals surface area contributed by atoms with E-state index >= 15 is 0 Å². The van der Waals surface area contributed by atoms with Crippen molar-refractivity contribution >= 4 is 17.5 Å². The van der Waals surface area contributed by atoms with Gasteiger partial charge in [0, 0.05) is 45.3 Å². The minimum Gasteiger partial charge on any atom is -0.368 e. The van der Waals surface area contributed by atoms with Gasteiger partial charge in [0.2, 0.25) is 11.8 Å². The van der Waals surface area contributed by atoms with Crippen LogP contribution in [-0.4, -0.2) is 54.3 Å². The smallest absolute Gasteiger partial charge is 0.225 e. The molecule has 2 aliphatic rings. The Labute approximate surface area is 172 Å². The van der Waals surface area contributed by atoms with Crippen molar-refractivity contribution in [3.8, 4) is 0 Å². The highest BCUT2D eigenvalue weighted by atomic mass is 16.2. The number of rotatable bonds is 3. The van der Waals surface area contributed by atoms with Crippen molar-refractivity contribution in [2.45, 2.75) is 32.7 Å². The van der Waals surface area contributed by atoms with Gasteiger partial charge in [-0.1, -0.05) is 36.4 Å². The summed E-state index contributed by atoms with van der Waals surface area (Å²) in [7, 11) is 0. The van der Waals surface area contributed by atoms with E-state index in [1.165, 1.54) is 16.8 Å². The van der Waals surface area contributed by atoms with Crippen LogP contribution in [0.15, 0.2) is 48.5 Å². The molecule has 2 aliphatic heterocycles. The third-order valence-electron chi connectivity index (χ3n) is 6.18. The van der Waals surface area contributed by atoms with Gasteiger partial charge >= 0.3 is 0 Å². The van der Waals surface area contributed by atoms with Gasteiger partial charge in [-0.05, 0) is 42.2 Å². The molecule has 2 heterocycles. The van der Waals surface area contributed by atoms with Crippen LogP contribution in [0.5, 0.6) is 0 Å². The van der Waals surface area contributed by atoms with Crippen LogP contribution in [0, 0.1) is 6.92 Å². The van der Waals surface area contributed by atoms with Crippen molar-refractivity contribution in [1.82, 2.24) is 9.80 Å². The summed E-state index contributed by atoms with van der Waals surface area (Å²) < 4.78 is 0. The van der Waals surface area contributed by atoms with Crippen LogP contribution in [0.3, 0.4) is 0 Å². The van der Waals surface area contributed by atoms with E-state index in [2.05, 4.69) is 48.2 Å². The molecule has 2 amide bonds. The molecule has 4 rings (SSSR count). The molecule has 5 nitrogen and oxygen atoms in total. The summed E-state index contributed by atoms with van der Waals surface area (Å²) in [4.78, 5) is 31.5. The Hall–Kier alpha value is -2.82. The number of nitrogens with zero attached hydrogens (tertiary/aromatic N) is 3. The Morgan fingerprint density at radius 1 is 0.966 bits per heavy atom. The molecule has 152 valence electrons. The van der Waals surface area contributed by atoms with Gasteiger partial charge in [-0.3, -0.25) is 9.59 Å². The first-order valence-corrected chi connectivity index (χ1v) is 10.5. The Balaban J connectivity index is 1.43. The van der Waals surface area contributed by atoms with E-state index in [1.807, 2.05) is 21.9 Å². The Morgan fingerprint density at radius 3 is 2.45 bits per heavy atom. The number of hydrogen-bond donors (Lipinski definition) is 0. The van der Waals surface area contributed by atoms with Gasteiger partial charge in [-0.15, -0.1) is 0 Å². The Kier molecular flexibility index (Phi) is 5.56. The molecule has 1 atom stereocenters. The second kappa shape index (κ2) is 8.27. The lowest BCUT2D eigenvalue weighted by molar-refractivity contribution is -0.136. The van der Waals surface area contributed by atoms with Crippen LogP contribution in [0.2, 0.25) is 0 Å². The number of benzene rings is 2. The molecule has 0 radical (unpaired) electrons. The molecule has 5 heteroatoms. The minimum atomic E-state index is -0.153. The molecule has 0 bridgehead atoms. The molecule has 0 aliphatic carbocycles. The van der Waals surface area contributed by atoms with Crippen LogP contribution in [0.1, 0.15) is 36.1 Å². The predicted molar refractivity (Wildman–Crippen MR) is 115 cm³/mol. The van der Waals surface area contributed by atoms with Gasteiger partial charge in [-0.2, -0.15) is 0 Å². The van der Waals surface area contributed by atoms with Gasteiger partial charge in [0.25, 0.3) is 0 Å². The van der Waals surface area contributed by atoms with Crippen molar-refractivity contribution in [2.24, 2.45) is 0 Å². The lowest BCUT2D eigenvalue weighted by Crippen LogP contribution is -2.50. The molecule has 0 aromatic heterocycles. The summed E-state index contributed by atoms with van der Waals surface area (Å²) >= 11 is 0. The zero-order chi connectivity index (χ0) is 20.4. The van der Waals surface area contributed by atoms with Gasteiger partial charge in [0.1, 0.15) is 0 Å². The maximum absolute atomic E-state index is 13.1. The number of amides is 2. The summed E-state index contributed by atoms with van der Waals surface area (Å²) in [5, 5.41) is 0. The normalized spacial score (nSPS) is 19.1. The van der Waals surface area contributed by atoms with Crippen LogP contribution in [0.25, 0.3) is 0 Å². The van der Waals surface area contributed by atoms with Crippen molar-refractivity contribution in [2.75, 3.05) is 37.6 Å². The second-order valence-corrected chi connectivity index (χ2v) is 8.09. The van der Waals surface area contributed by atoms with E-state index in [1.54, 1.807) is 6.92 Å². The molecule has 0 N–H and O–H groups in total. The maximum atomic E-state index is 13.1. The number of piperazine rings is 1. The molecular formula is C24H29N3O2. The lowest BCUT2D eigenvalue weighted by atomic mass is 9.90. The third kappa shape index (κ3) is 4.14. The van der Waals surface area contributed by atoms with Crippen molar-refractivity contribution in [3.05, 3.63) is 65.2 Å². The van der Waals surface area contributed by atoms with E-state index in [-0.39, 0.29) is 17.9 Å². The number of anilines is 1. The van der Waals surface area contributed by atoms with E-state index in [4.69, 9.17) is 0 Å². The largest absolute Gasteiger partial charge is 0.368 e. The monoisotopic (exact) mass is 391 g/mol. The predicted octanol–water partition coefficient (Wildman–Crippen LogP) is 3.18. The highest BCUT2D eigenvalue weighted by Gasteiger charge is 2.32. The average molecular weight is 392 g/mol. The zero-order valence-corrected chi connectivity index (χ0v) is 17.3. The zero-order valence-electron chi connectivity index (χ0n) is 17.3. The number of hydrogen-bond acceptors (Lipinski definition) is 3. The topological polar surface area (TPSA) is 43.9 Å². The number of carbonyl (C=O) groups excluding carboxylic acids is 2. The summed E-state index contributed by atoms with van der Waals surface area (Å²) in [5.41, 5.74) is 4.86. The molecular weight excluding hydrogens is 362 g/mol. The van der Waals surface area contributed by atoms with Gasteiger partial charge in [-0.25, -0.2) is 0 Å². The van der Waals surface area contributed by atoms with E-state index < -0.39 is 0 Å². The molecule has 1 saturated heterocycles. The molecule has 0 spiro atoms. The third-order valence-corrected chi connectivity index (χ3v) is 6.18. The average Bonchev–Trinajstić information content (AvgIpc) is 2.74. The van der Waals surface area contributed by atoms with Gasteiger partial charge in [0.05, 0.1) is 12.5 Å². The van der Waals surface area contributed by atoms with Crippen LogP contribution in [0.4, 0.5) is 5.69 Å². The van der Waals surface area contributed by atoms with E-state index in [0.29, 0.717) is 13.0 Å². The Morgan fingerprint density at radius 2 is 1.72 bits per heavy atom. The van der Waals surface area contributed by atoms with Crippen molar-refractivity contribution in [3.63, 3.8) is 0 Å². The lowest BCUT2D eigenvalue weighted by Gasteiger charge is -2.40. The van der Waals surface area contributed by atoms with E-state index in [0.717, 1.165) is 38.2 Å². The molecule has 29 heavy (non-hydrogen) atoms. The van der Waals surface area contributed by atoms with Gasteiger partial charge in [0.15, 0.2) is 0 Å². The first-order chi connectivity index (χ1) is 14.0. The first kappa shape index (κ1) is 19.5. The Bertz CT molecular complexity index is 903. The standard InChI is InChI=1S/C24H29N3O2/c1-18-6-5-8-21(16-18)25-12-14-26(15-13-25)24(29)17-23-22-9-4-3-7-20(22)10-11-27(23)19(2)28/h3-9,16,23H,10-15,17H2,1-2H3. The fraction of sp³-hybridized carbons (Fsp3) is 0.417. The summed E-state index contributed by atoms with van der Waals surface area (Å²) in [5.74, 6) is 0.184. The van der Waals surface area contributed by atoms with Crippen molar-refractivity contribution < 1.29 is 9.59 Å². The van der Waals surface area contributed by atoms with Crippen LogP contribution < -0.4 is 4.90 Å². The summed E-state index contributed by atoms with van der Waals surface area (Å²) in [6.07, 6.45) is 1.22. The number of carbonyl (C=O) groups is 2. The number of aryl methyl sites for hydroxylation is 1. The SMILES string of the molecule is CC(=O)N1CCc2ccccc2C1CC(=O)N1CCN(c2cccc(C)c2)CC1. The highest BCUT2D eigenvalue weighted by molar-refractivity contribution is 5.80. The summed E-state index contributed by atoms with van der Waals surface area (Å²) in [6, 6.07) is 16.6. The summed E-state index contributed by atoms with van der Waals surface area (Å²) in [6.45, 7) is 7.52. The molecule has 2 aromatic carbocycles. The molecule has 1 fully saturated rings. The fourth-order valence-electron chi connectivity index (χ4n) is 4.58. The van der Waals surface area contributed by atoms with E-state index in [9.17, 15) is 9.59 Å². The maximum Gasteiger partial charge on any atom is 0.225 e. The molecule has 1 unspecified atom stereocenters. The van der Waals surface area contributed by atoms with Crippen LogP contribution >= 0.6 is 0 Å². The first-order valence-electron chi connectivity index (χ1n) is 10.5. The second-order valence-electron chi connectivity index (χ2n) is 8.09. The van der Waals surface area contributed by atoms with Crippen LogP contribution in [-0.2, 0) is 16.0 Å². The van der Waals surface area contributed by atoms with Crippen molar-refractivity contribution in [1.29, 1.82) is 0 Å². The quantitative estimate of drug-likeness (QED) is 0.807. The number of fused-ring (bicyclic) bond motifs is 1. The molecule has 2 aromatic rings. The van der Waals surface area contributed by atoms with Gasteiger partial charge < -0.3 is 14.7 Å². The fourth-order valence-corrected chi connectivity index (χ4v) is 4.58. The highest BCUT2D eigenvalue weighted by Crippen LogP contribution is 2.33. The minimum absolute atomic E-state index is 0.0431.